The quantitative estimate of drug-likeness (QED) is 0.761. The highest BCUT2D eigenvalue weighted by atomic mass is 16.5. The number of benzene rings is 1. The second-order valence-electron chi connectivity index (χ2n) is 6.54. The van der Waals surface area contributed by atoms with Crippen molar-refractivity contribution >= 4 is 5.91 Å². The Morgan fingerprint density at radius 1 is 1.26 bits per heavy atom. The lowest BCUT2D eigenvalue weighted by molar-refractivity contribution is -0.135. The van der Waals surface area contributed by atoms with Gasteiger partial charge < -0.3 is 25.0 Å². The van der Waals surface area contributed by atoms with Gasteiger partial charge in [-0.2, -0.15) is 0 Å². The molecule has 1 aliphatic rings. The molecular weight excluding hydrogens is 298 g/mol. The summed E-state index contributed by atoms with van der Waals surface area (Å²) in [4.78, 5) is 13.9. The normalized spacial score (nSPS) is 20.1. The SMILES string of the molecule is CC(C)(C)OC1=C(O)[C@@H]([C@H](O)CO)N(Cc2ccccc2)C1=O. The van der Waals surface area contributed by atoms with Crippen LogP contribution >= 0.6 is 0 Å². The van der Waals surface area contributed by atoms with Gasteiger partial charge >= 0.3 is 0 Å². The molecule has 0 saturated heterocycles. The average molecular weight is 321 g/mol. The molecule has 0 saturated carbocycles. The molecular formula is C17H23NO5. The van der Waals surface area contributed by atoms with Crippen LogP contribution in [0.3, 0.4) is 0 Å². The summed E-state index contributed by atoms with van der Waals surface area (Å²) in [5.41, 5.74) is 0.178. The van der Waals surface area contributed by atoms with Crippen molar-refractivity contribution in [1.82, 2.24) is 4.90 Å². The number of ether oxygens (including phenoxy) is 1. The predicted molar refractivity (Wildman–Crippen MR) is 84.4 cm³/mol. The van der Waals surface area contributed by atoms with Crippen molar-refractivity contribution < 1.29 is 24.9 Å². The molecule has 0 unspecified atom stereocenters. The van der Waals surface area contributed by atoms with Gasteiger partial charge in [-0.3, -0.25) is 4.79 Å². The number of rotatable bonds is 5. The highest BCUT2D eigenvalue weighted by Crippen LogP contribution is 2.31. The van der Waals surface area contributed by atoms with E-state index in [9.17, 15) is 20.1 Å². The first-order valence-electron chi connectivity index (χ1n) is 7.50. The lowest BCUT2D eigenvalue weighted by Crippen LogP contribution is -2.44. The third-order valence-electron chi connectivity index (χ3n) is 3.46. The van der Waals surface area contributed by atoms with Crippen molar-refractivity contribution in [2.24, 2.45) is 0 Å². The molecule has 0 spiro atoms. The fourth-order valence-electron chi connectivity index (χ4n) is 2.49. The van der Waals surface area contributed by atoms with E-state index in [1.54, 1.807) is 20.8 Å². The van der Waals surface area contributed by atoms with Gasteiger partial charge in [-0.15, -0.1) is 0 Å². The van der Waals surface area contributed by atoms with Gasteiger partial charge in [0.15, 0.2) is 5.76 Å². The monoisotopic (exact) mass is 321 g/mol. The summed E-state index contributed by atoms with van der Waals surface area (Å²) in [6, 6.07) is 8.20. The molecule has 1 aromatic carbocycles. The lowest BCUT2D eigenvalue weighted by Gasteiger charge is -2.28. The van der Waals surface area contributed by atoms with E-state index in [0.717, 1.165) is 5.56 Å². The summed E-state index contributed by atoms with van der Waals surface area (Å²) in [5, 5.41) is 29.6. The minimum atomic E-state index is -1.29. The minimum absolute atomic E-state index is 0.175. The molecule has 126 valence electrons. The van der Waals surface area contributed by atoms with Gasteiger partial charge in [-0.1, -0.05) is 30.3 Å². The first-order valence-corrected chi connectivity index (χ1v) is 7.50. The number of nitrogens with zero attached hydrogens (tertiary/aromatic N) is 1. The summed E-state index contributed by atoms with van der Waals surface area (Å²) in [6.45, 7) is 4.91. The number of amides is 1. The van der Waals surface area contributed by atoms with E-state index in [-0.39, 0.29) is 18.1 Å². The molecule has 3 N–H and O–H groups in total. The Bertz CT molecular complexity index is 591. The van der Waals surface area contributed by atoms with E-state index in [1.807, 2.05) is 30.3 Å². The fraction of sp³-hybridized carbons (Fsp3) is 0.471. The zero-order chi connectivity index (χ0) is 17.2. The number of hydrogen-bond donors (Lipinski definition) is 3. The van der Waals surface area contributed by atoms with Gasteiger partial charge in [-0.05, 0) is 26.3 Å². The Morgan fingerprint density at radius 3 is 2.39 bits per heavy atom. The van der Waals surface area contributed by atoms with Gasteiger partial charge in [0.1, 0.15) is 17.7 Å². The van der Waals surface area contributed by atoms with Crippen LogP contribution < -0.4 is 0 Å². The first kappa shape index (κ1) is 17.3. The molecule has 23 heavy (non-hydrogen) atoms. The van der Waals surface area contributed by atoms with E-state index in [1.165, 1.54) is 4.90 Å². The maximum absolute atomic E-state index is 12.6. The number of carbonyl (C=O) groups is 1. The third kappa shape index (κ3) is 3.83. The van der Waals surface area contributed by atoms with E-state index < -0.39 is 30.3 Å². The van der Waals surface area contributed by atoms with Crippen molar-refractivity contribution in [2.75, 3.05) is 6.61 Å². The highest BCUT2D eigenvalue weighted by molar-refractivity contribution is 5.95. The average Bonchev–Trinajstić information content (AvgIpc) is 2.71. The second-order valence-corrected chi connectivity index (χ2v) is 6.54. The molecule has 1 aliphatic heterocycles. The smallest absolute Gasteiger partial charge is 0.293 e. The van der Waals surface area contributed by atoms with Gasteiger partial charge in [0, 0.05) is 6.54 Å². The fourth-order valence-corrected chi connectivity index (χ4v) is 2.49. The molecule has 2 atom stereocenters. The number of hydrogen-bond acceptors (Lipinski definition) is 5. The number of aliphatic hydroxyl groups excluding tert-OH is 3. The van der Waals surface area contributed by atoms with Crippen LogP contribution in [0, 0.1) is 0 Å². The molecule has 0 fully saturated rings. The van der Waals surface area contributed by atoms with Gasteiger partial charge in [0.05, 0.1) is 6.61 Å². The van der Waals surface area contributed by atoms with Crippen molar-refractivity contribution in [3.05, 3.63) is 47.4 Å². The Kier molecular flexibility index (Phi) is 4.97. The molecule has 1 aromatic rings. The third-order valence-corrected chi connectivity index (χ3v) is 3.46. The standard InChI is InChI=1S/C17H23NO5/c1-17(2,3)23-15-14(21)13(12(20)10-19)18(16(15)22)9-11-7-5-4-6-8-11/h4-8,12-13,19-21H,9-10H2,1-3H3/t12-,13-/m1/s1. The van der Waals surface area contributed by atoms with E-state index in [0.29, 0.717) is 0 Å². The Labute approximate surface area is 135 Å². The van der Waals surface area contributed by atoms with E-state index >= 15 is 0 Å². The highest BCUT2D eigenvalue weighted by Gasteiger charge is 2.45. The lowest BCUT2D eigenvalue weighted by atomic mass is 10.1. The number of carbonyl (C=O) groups excluding carboxylic acids is 1. The van der Waals surface area contributed by atoms with E-state index in [4.69, 9.17) is 4.74 Å². The summed E-state index contributed by atoms with van der Waals surface area (Å²) < 4.78 is 5.56. The maximum Gasteiger partial charge on any atom is 0.293 e. The molecule has 0 aromatic heterocycles. The first-order chi connectivity index (χ1) is 10.7. The van der Waals surface area contributed by atoms with Crippen molar-refractivity contribution in [2.45, 2.75) is 45.1 Å². The van der Waals surface area contributed by atoms with E-state index in [2.05, 4.69) is 0 Å². The Balaban J connectivity index is 2.32. The van der Waals surface area contributed by atoms with Crippen molar-refractivity contribution in [1.29, 1.82) is 0 Å². The van der Waals surface area contributed by atoms with Crippen LogP contribution in [0.1, 0.15) is 26.3 Å². The molecule has 0 aliphatic carbocycles. The topological polar surface area (TPSA) is 90.2 Å². The summed E-state index contributed by atoms with van der Waals surface area (Å²) >= 11 is 0. The molecule has 1 heterocycles. The zero-order valence-electron chi connectivity index (χ0n) is 13.6. The van der Waals surface area contributed by atoms with Crippen LogP contribution in [0.5, 0.6) is 0 Å². The van der Waals surface area contributed by atoms with Gasteiger partial charge in [0.2, 0.25) is 5.76 Å². The van der Waals surface area contributed by atoms with Crippen LogP contribution in [0.2, 0.25) is 0 Å². The molecule has 0 bridgehead atoms. The van der Waals surface area contributed by atoms with Crippen LogP contribution in [0.4, 0.5) is 0 Å². The van der Waals surface area contributed by atoms with Gasteiger partial charge in [0.25, 0.3) is 5.91 Å². The van der Waals surface area contributed by atoms with Crippen LogP contribution in [0.15, 0.2) is 41.9 Å². The maximum atomic E-state index is 12.6. The molecule has 1 amide bonds. The van der Waals surface area contributed by atoms with Crippen LogP contribution in [-0.4, -0.2) is 50.5 Å². The van der Waals surface area contributed by atoms with Gasteiger partial charge in [-0.25, -0.2) is 0 Å². The number of aliphatic hydroxyl groups is 3. The second kappa shape index (κ2) is 6.60. The summed E-state index contributed by atoms with van der Waals surface area (Å²) in [6.07, 6.45) is -1.29. The summed E-state index contributed by atoms with van der Waals surface area (Å²) in [7, 11) is 0. The van der Waals surface area contributed by atoms with Crippen molar-refractivity contribution in [3.63, 3.8) is 0 Å². The minimum Gasteiger partial charge on any atom is -0.506 e. The van der Waals surface area contributed by atoms with Crippen LogP contribution in [-0.2, 0) is 16.1 Å². The molecule has 2 rings (SSSR count). The largest absolute Gasteiger partial charge is 0.506 e. The predicted octanol–water partition coefficient (Wildman–Crippen LogP) is 1.34. The Hall–Kier alpha value is -2.05. The molecule has 6 nitrogen and oxygen atoms in total. The Morgan fingerprint density at radius 2 is 1.87 bits per heavy atom. The molecule has 0 radical (unpaired) electrons. The summed E-state index contributed by atoms with van der Waals surface area (Å²) in [5.74, 6) is -1.02. The zero-order valence-corrected chi connectivity index (χ0v) is 13.6. The molecule has 6 heteroatoms. The van der Waals surface area contributed by atoms with Crippen LogP contribution in [0.25, 0.3) is 0 Å². The van der Waals surface area contributed by atoms with Crippen molar-refractivity contribution in [3.8, 4) is 0 Å².